The van der Waals surface area contributed by atoms with Crippen molar-refractivity contribution in [2.45, 2.75) is 23.8 Å². The lowest BCUT2D eigenvalue weighted by atomic mass is 10.1. The number of rotatable bonds is 5. The van der Waals surface area contributed by atoms with E-state index in [2.05, 4.69) is 51.6 Å². The highest BCUT2D eigenvalue weighted by Gasteiger charge is 2.23. The zero-order valence-electron chi connectivity index (χ0n) is 17.4. The Kier molecular flexibility index (Phi) is 6.43. The normalized spacial score (nSPS) is 14.7. The van der Waals surface area contributed by atoms with Crippen molar-refractivity contribution in [3.63, 3.8) is 0 Å². The van der Waals surface area contributed by atoms with Gasteiger partial charge in [0.2, 0.25) is 11.1 Å². The summed E-state index contributed by atoms with van der Waals surface area (Å²) in [5, 5.41) is 21.5. The fourth-order valence-electron chi connectivity index (χ4n) is 3.34. The van der Waals surface area contributed by atoms with Gasteiger partial charge >= 0.3 is 0 Å². The van der Waals surface area contributed by atoms with Crippen molar-refractivity contribution >= 4 is 78.3 Å². The lowest BCUT2D eigenvalue weighted by Crippen LogP contribution is -2.37. The Morgan fingerprint density at radius 1 is 1.18 bits per heavy atom. The van der Waals surface area contributed by atoms with Gasteiger partial charge in [-0.25, -0.2) is 4.98 Å². The summed E-state index contributed by atoms with van der Waals surface area (Å²) in [5.41, 5.74) is 4.22. The van der Waals surface area contributed by atoms with Crippen LogP contribution < -0.4 is 5.32 Å². The fourth-order valence-corrected chi connectivity index (χ4v) is 5.19. The fraction of sp³-hybridized carbons (Fsp3) is 0.182. The van der Waals surface area contributed by atoms with Crippen molar-refractivity contribution < 1.29 is 4.79 Å². The topological polar surface area (TPSA) is 108 Å². The number of fused-ring (bicyclic) bond motifs is 3. The number of amides is 1. The Balaban J connectivity index is 1.28. The first-order chi connectivity index (χ1) is 16.1. The number of hydrogen-bond donors (Lipinski definition) is 2. The molecule has 1 aliphatic heterocycles. The van der Waals surface area contributed by atoms with Gasteiger partial charge in [0.15, 0.2) is 10.8 Å². The van der Waals surface area contributed by atoms with Crippen molar-refractivity contribution in [2.75, 3.05) is 5.75 Å². The second kappa shape index (κ2) is 9.62. The Hall–Kier alpha value is -2.76. The number of carbonyl (C=O) groups excluding carboxylic acids is 1. The molecule has 5 rings (SSSR count). The molecule has 2 aromatic carbocycles. The molecule has 33 heavy (non-hydrogen) atoms. The molecule has 4 aromatic rings. The predicted molar refractivity (Wildman–Crippen MR) is 138 cm³/mol. The van der Waals surface area contributed by atoms with Crippen molar-refractivity contribution in [2.24, 2.45) is 10.2 Å². The summed E-state index contributed by atoms with van der Waals surface area (Å²) in [6.07, 6.45) is 0.607. The minimum Gasteiger partial charge on any atom is -0.338 e. The van der Waals surface area contributed by atoms with Crippen molar-refractivity contribution in [1.82, 2.24) is 25.5 Å². The highest BCUT2D eigenvalue weighted by molar-refractivity contribution is 9.10. The van der Waals surface area contributed by atoms with Gasteiger partial charge in [-0.05, 0) is 30.2 Å². The van der Waals surface area contributed by atoms with Crippen LogP contribution in [0.5, 0.6) is 0 Å². The number of aromatic amines is 1. The largest absolute Gasteiger partial charge is 0.338 e. The first-order valence-corrected chi connectivity index (χ1v) is 12.9. The van der Waals surface area contributed by atoms with E-state index in [0.29, 0.717) is 28.1 Å². The number of hydrogen-bond acceptors (Lipinski definition) is 8. The number of amidine groups is 1. The van der Waals surface area contributed by atoms with Crippen LogP contribution in [0.2, 0.25) is 0 Å². The second-order valence-electron chi connectivity index (χ2n) is 7.21. The summed E-state index contributed by atoms with van der Waals surface area (Å²) < 4.78 is 1.01. The lowest BCUT2D eigenvalue weighted by molar-refractivity contribution is -0.119. The monoisotopic (exact) mass is 539 g/mol. The van der Waals surface area contributed by atoms with Gasteiger partial charge in [0.1, 0.15) is 5.52 Å². The van der Waals surface area contributed by atoms with E-state index >= 15 is 0 Å². The second-order valence-corrected chi connectivity index (χ2v) is 10.3. The Morgan fingerprint density at radius 2 is 2.00 bits per heavy atom. The smallest absolute Gasteiger partial charge is 0.239 e. The SMILES string of the molecule is CC[C@H](Sc1nnc2c(n1)[nH]c1ccccc12)C(=O)NC1=NN=C(c2ccc(Br)cc2)CS1. The summed E-state index contributed by atoms with van der Waals surface area (Å²) in [6, 6.07) is 15.8. The van der Waals surface area contributed by atoms with E-state index in [0.717, 1.165) is 32.2 Å². The molecule has 3 heterocycles. The number of nitrogens with zero attached hydrogens (tertiary/aromatic N) is 5. The maximum Gasteiger partial charge on any atom is 0.239 e. The van der Waals surface area contributed by atoms with E-state index in [1.165, 1.54) is 23.5 Å². The number of aromatic nitrogens is 4. The quantitative estimate of drug-likeness (QED) is 0.354. The van der Waals surface area contributed by atoms with Gasteiger partial charge in [-0.15, -0.1) is 15.3 Å². The van der Waals surface area contributed by atoms with Crippen LogP contribution in [0, 0.1) is 0 Å². The molecule has 0 unspecified atom stereocenters. The molecule has 1 aliphatic rings. The van der Waals surface area contributed by atoms with Gasteiger partial charge in [0, 0.05) is 21.1 Å². The molecule has 11 heteroatoms. The minimum atomic E-state index is -0.381. The molecule has 0 bridgehead atoms. The standard InChI is InChI=1S/C22H18BrN7OS2/c1-2-17(33-22-25-19-18(28-30-22)14-5-3-4-6-15(14)24-19)20(31)26-21-29-27-16(11-32-21)12-7-9-13(23)10-8-12/h3-10,17H,2,11H2,1H3,(H,24,25,30)(H,26,29,31)/t17-/m0/s1. The molecule has 0 spiro atoms. The average Bonchev–Trinajstić information content (AvgIpc) is 3.21. The van der Waals surface area contributed by atoms with Gasteiger partial charge < -0.3 is 10.3 Å². The summed E-state index contributed by atoms with van der Waals surface area (Å²) in [4.78, 5) is 20.7. The number of carbonyl (C=O) groups is 1. The Bertz CT molecular complexity index is 1400. The van der Waals surface area contributed by atoms with Crippen LogP contribution in [0.4, 0.5) is 0 Å². The highest BCUT2D eigenvalue weighted by Crippen LogP contribution is 2.26. The maximum atomic E-state index is 12.9. The third kappa shape index (κ3) is 4.80. The third-order valence-electron chi connectivity index (χ3n) is 5.03. The van der Waals surface area contributed by atoms with Crippen molar-refractivity contribution in [3.05, 3.63) is 58.6 Å². The predicted octanol–water partition coefficient (Wildman–Crippen LogP) is 4.76. The van der Waals surface area contributed by atoms with Gasteiger partial charge in [-0.1, -0.05) is 76.7 Å². The zero-order chi connectivity index (χ0) is 22.8. The molecule has 166 valence electrons. The van der Waals surface area contributed by atoms with E-state index in [1.54, 1.807) is 0 Å². The first kappa shape index (κ1) is 22.1. The van der Waals surface area contributed by atoms with E-state index in [4.69, 9.17) is 0 Å². The summed E-state index contributed by atoms with van der Waals surface area (Å²) in [7, 11) is 0. The summed E-state index contributed by atoms with van der Waals surface area (Å²) in [5.74, 6) is 0.478. The van der Waals surface area contributed by atoms with Crippen LogP contribution in [0.25, 0.3) is 22.1 Å². The molecule has 0 radical (unpaired) electrons. The van der Waals surface area contributed by atoms with Crippen LogP contribution in [0.1, 0.15) is 18.9 Å². The maximum absolute atomic E-state index is 12.9. The van der Waals surface area contributed by atoms with E-state index in [9.17, 15) is 4.79 Å². The molecule has 0 saturated carbocycles. The molecule has 2 N–H and O–H groups in total. The third-order valence-corrected chi connectivity index (χ3v) is 7.65. The molecule has 0 saturated heterocycles. The number of H-pyrrole nitrogens is 1. The van der Waals surface area contributed by atoms with Crippen molar-refractivity contribution in [3.8, 4) is 0 Å². The molecule has 1 atom stereocenters. The molecule has 0 aliphatic carbocycles. The van der Waals surface area contributed by atoms with Crippen LogP contribution in [-0.4, -0.2) is 48.0 Å². The number of halogens is 1. The molecule has 2 aromatic heterocycles. The lowest BCUT2D eigenvalue weighted by Gasteiger charge is -2.16. The highest BCUT2D eigenvalue weighted by atomic mass is 79.9. The van der Waals surface area contributed by atoms with Crippen LogP contribution >= 0.6 is 39.5 Å². The van der Waals surface area contributed by atoms with Crippen LogP contribution in [-0.2, 0) is 4.79 Å². The van der Waals surface area contributed by atoms with E-state index in [-0.39, 0.29) is 11.2 Å². The number of nitrogens with one attached hydrogen (secondary N) is 2. The molecule has 8 nitrogen and oxygen atoms in total. The number of para-hydroxylation sites is 1. The van der Waals surface area contributed by atoms with Gasteiger partial charge in [0.25, 0.3) is 0 Å². The van der Waals surface area contributed by atoms with Crippen LogP contribution in [0.3, 0.4) is 0 Å². The summed E-state index contributed by atoms with van der Waals surface area (Å²) in [6.45, 7) is 1.95. The van der Waals surface area contributed by atoms with E-state index < -0.39 is 0 Å². The van der Waals surface area contributed by atoms with E-state index in [1.807, 2.05) is 55.5 Å². The average molecular weight is 540 g/mol. The minimum absolute atomic E-state index is 0.156. The zero-order valence-corrected chi connectivity index (χ0v) is 20.7. The van der Waals surface area contributed by atoms with Crippen LogP contribution in [0.15, 0.2) is 68.4 Å². The molecule has 0 fully saturated rings. The summed E-state index contributed by atoms with van der Waals surface area (Å²) >= 11 is 6.18. The van der Waals surface area contributed by atoms with Gasteiger partial charge in [-0.2, -0.15) is 5.10 Å². The first-order valence-electron chi connectivity index (χ1n) is 10.2. The Morgan fingerprint density at radius 3 is 2.76 bits per heavy atom. The van der Waals surface area contributed by atoms with Crippen molar-refractivity contribution in [1.29, 1.82) is 0 Å². The van der Waals surface area contributed by atoms with Gasteiger partial charge in [-0.3, -0.25) is 4.79 Å². The van der Waals surface area contributed by atoms with Gasteiger partial charge in [0.05, 0.1) is 11.0 Å². The number of benzene rings is 2. The molecule has 1 amide bonds. The Labute approximate surface area is 206 Å². The molecular formula is C22H18BrN7OS2. The molecular weight excluding hydrogens is 522 g/mol. The number of thioether (sulfide) groups is 2.